The van der Waals surface area contributed by atoms with Crippen molar-refractivity contribution in [3.8, 4) is 0 Å². The maximum Gasteiger partial charge on any atom is 0.227 e. The van der Waals surface area contributed by atoms with Crippen LogP contribution in [-0.4, -0.2) is 57.9 Å². The number of aryl methyl sites for hydroxylation is 1. The molecule has 8 nitrogen and oxygen atoms in total. The highest BCUT2D eigenvalue weighted by atomic mass is 32.2. The fourth-order valence-electron chi connectivity index (χ4n) is 4.29. The highest BCUT2D eigenvalue weighted by Gasteiger charge is 2.28. The van der Waals surface area contributed by atoms with Crippen LogP contribution in [0.15, 0.2) is 23.7 Å². The molecule has 2 aromatic rings. The molecule has 174 valence electrons. The van der Waals surface area contributed by atoms with Crippen molar-refractivity contribution in [3.63, 3.8) is 0 Å². The minimum Gasteiger partial charge on any atom is -0.383 e. The van der Waals surface area contributed by atoms with Crippen LogP contribution in [0.25, 0.3) is 0 Å². The van der Waals surface area contributed by atoms with Crippen LogP contribution >= 0.6 is 0 Å². The average molecular weight is 452 g/mol. The first-order valence-electron chi connectivity index (χ1n) is 11.3. The number of aromatic nitrogens is 4. The summed E-state index contributed by atoms with van der Waals surface area (Å²) in [7, 11) is 0.167. The van der Waals surface area contributed by atoms with Crippen molar-refractivity contribution < 1.29 is 13.2 Å². The Morgan fingerprint density at radius 3 is 2.55 bits per heavy atom. The maximum atomic E-state index is 13.3. The van der Waals surface area contributed by atoms with E-state index in [0.29, 0.717) is 26.2 Å². The Morgan fingerprint density at radius 1 is 1.19 bits per heavy atom. The minimum atomic E-state index is -3.45. The number of sulfone groups is 1. The summed E-state index contributed by atoms with van der Waals surface area (Å²) in [6.45, 7) is 6.47. The van der Waals surface area contributed by atoms with Gasteiger partial charge in [0.1, 0.15) is 5.82 Å². The van der Waals surface area contributed by atoms with Gasteiger partial charge < -0.3 is 13.9 Å². The van der Waals surface area contributed by atoms with Crippen molar-refractivity contribution in [2.45, 2.75) is 76.8 Å². The summed E-state index contributed by atoms with van der Waals surface area (Å²) in [5.41, 5.74) is 0.891. The van der Waals surface area contributed by atoms with Gasteiger partial charge >= 0.3 is 0 Å². The molecular formula is C22H37N5O3S. The molecule has 9 heteroatoms. The predicted octanol–water partition coefficient (Wildman–Crippen LogP) is 3.03. The van der Waals surface area contributed by atoms with E-state index in [-0.39, 0.29) is 22.9 Å². The van der Waals surface area contributed by atoms with Crippen molar-refractivity contribution in [2.75, 3.05) is 19.5 Å². The van der Waals surface area contributed by atoms with Crippen LogP contribution in [0.5, 0.6) is 0 Å². The normalized spacial score (nSPS) is 15.9. The van der Waals surface area contributed by atoms with Crippen molar-refractivity contribution in [2.24, 2.45) is 13.0 Å². The van der Waals surface area contributed by atoms with Crippen LogP contribution in [0, 0.1) is 5.92 Å². The van der Waals surface area contributed by atoms with Gasteiger partial charge in [-0.05, 0) is 32.6 Å². The summed E-state index contributed by atoms with van der Waals surface area (Å²) in [6.07, 6.45) is 10.9. The van der Waals surface area contributed by atoms with Crippen LogP contribution < -0.4 is 0 Å². The lowest BCUT2D eigenvalue weighted by molar-refractivity contribution is 0.172. The Labute approximate surface area is 186 Å². The second kappa shape index (κ2) is 10.7. The van der Waals surface area contributed by atoms with Gasteiger partial charge in [0, 0.05) is 45.7 Å². The molecule has 0 saturated heterocycles. The third kappa shape index (κ3) is 6.17. The van der Waals surface area contributed by atoms with Gasteiger partial charge in [-0.3, -0.25) is 4.90 Å². The number of hydrogen-bond acceptors (Lipinski definition) is 6. The molecule has 2 heterocycles. The molecule has 0 amide bonds. The number of nitrogens with zero attached hydrogens (tertiary/aromatic N) is 5. The third-order valence-corrected chi connectivity index (χ3v) is 8.03. The van der Waals surface area contributed by atoms with Gasteiger partial charge in [0.15, 0.2) is 0 Å². The van der Waals surface area contributed by atoms with E-state index in [1.54, 1.807) is 19.5 Å². The number of ether oxygens (including phenoxy) is 1. The zero-order valence-corrected chi connectivity index (χ0v) is 20.1. The van der Waals surface area contributed by atoms with Crippen molar-refractivity contribution in [3.05, 3.63) is 30.1 Å². The monoisotopic (exact) mass is 451 g/mol. The van der Waals surface area contributed by atoms with E-state index in [2.05, 4.69) is 28.7 Å². The molecule has 1 aliphatic rings. The minimum absolute atomic E-state index is 0.186. The van der Waals surface area contributed by atoms with E-state index in [1.807, 2.05) is 22.4 Å². The Balaban J connectivity index is 1.84. The molecule has 1 aliphatic carbocycles. The zero-order chi connectivity index (χ0) is 22.4. The highest BCUT2D eigenvalue weighted by molar-refractivity contribution is 7.91. The highest BCUT2D eigenvalue weighted by Crippen LogP contribution is 2.27. The molecule has 0 bridgehead atoms. The molecule has 1 saturated carbocycles. The van der Waals surface area contributed by atoms with Gasteiger partial charge in [0.05, 0.1) is 30.8 Å². The van der Waals surface area contributed by atoms with Gasteiger partial charge in [-0.15, -0.1) is 0 Å². The largest absolute Gasteiger partial charge is 0.383 e. The van der Waals surface area contributed by atoms with Crippen LogP contribution in [0.1, 0.15) is 57.5 Å². The van der Waals surface area contributed by atoms with E-state index in [0.717, 1.165) is 37.2 Å². The summed E-state index contributed by atoms with van der Waals surface area (Å²) in [6, 6.07) is 0.268. The standard InChI is InChI=1S/C22H37N5O3S/c1-18(2)26(16-21-23-10-11-25(21)3)15-20-14-24-22(27(20)12-13-30-4)31(28,29)17-19-8-6-5-7-9-19/h10-11,14,18-19H,5-9,12-13,15-17H2,1-4H3. The second-order valence-corrected chi connectivity index (χ2v) is 10.8. The van der Waals surface area contributed by atoms with E-state index in [1.165, 1.54) is 6.42 Å². The van der Waals surface area contributed by atoms with E-state index < -0.39 is 9.84 Å². The average Bonchev–Trinajstić information content (AvgIpc) is 3.32. The van der Waals surface area contributed by atoms with Crippen LogP contribution in [0.2, 0.25) is 0 Å². The topological polar surface area (TPSA) is 82.2 Å². The van der Waals surface area contributed by atoms with Gasteiger partial charge in [0.2, 0.25) is 15.0 Å². The molecule has 0 unspecified atom stereocenters. The Morgan fingerprint density at radius 2 is 1.94 bits per heavy atom. The molecule has 0 N–H and O–H groups in total. The molecule has 0 aromatic carbocycles. The summed E-state index contributed by atoms with van der Waals surface area (Å²) < 4.78 is 35.7. The summed E-state index contributed by atoms with van der Waals surface area (Å²) >= 11 is 0. The number of rotatable bonds is 11. The fourth-order valence-corrected chi connectivity index (χ4v) is 6.15. The summed E-state index contributed by atoms with van der Waals surface area (Å²) in [5.74, 6) is 1.41. The lowest BCUT2D eigenvalue weighted by Crippen LogP contribution is -2.32. The fraction of sp³-hybridized carbons (Fsp3) is 0.727. The molecule has 0 radical (unpaired) electrons. The lowest BCUT2D eigenvalue weighted by Gasteiger charge is -2.27. The van der Waals surface area contributed by atoms with Gasteiger partial charge in [0.25, 0.3) is 0 Å². The Hall–Kier alpha value is -1.71. The first kappa shape index (κ1) is 23.9. The number of hydrogen-bond donors (Lipinski definition) is 0. The molecule has 2 aromatic heterocycles. The van der Waals surface area contributed by atoms with Gasteiger partial charge in [-0.2, -0.15) is 0 Å². The second-order valence-electron chi connectivity index (χ2n) is 8.92. The molecule has 3 rings (SSSR count). The van der Waals surface area contributed by atoms with Gasteiger partial charge in [-0.25, -0.2) is 18.4 Å². The first-order chi connectivity index (χ1) is 14.8. The molecule has 1 fully saturated rings. The Bertz CT molecular complexity index is 929. The zero-order valence-electron chi connectivity index (χ0n) is 19.3. The van der Waals surface area contributed by atoms with E-state index >= 15 is 0 Å². The third-order valence-electron chi connectivity index (χ3n) is 6.24. The SMILES string of the molecule is COCCn1c(CN(Cc2nccn2C)C(C)C)cnc1S(=O)(=O)CC1CCCCC1. The molecule has 0 spiro atoms. The van der Waals surface area contributed by atoms with Crippen molar-refractivity contribution >= 4 is 9.84 Å². The van der Waals surface area contributed by atoms with Crippen molar-refractivity contribution in [1.82, 2.24) is 24.0 Å². The predicted molar refractivity (Wildman–Crippen MR) is 120 cm³/mol. The first-order valence-corrected chi connectivity index (χ1v) is 12.9. The molecular weight excluding hydrogens is 414 g/mol. The number of imidazole rings is 2. The van der Waals surface area contributed by atoms with E-state index in [9.17, 15) is 8.42 Å². The molecule has 0 atom stereocenters. The van der Waals surface area contributed by atoms with Crippen LogP contribution in [-0.2, 0) is 41.3 Å². The van der Waals surface area contributed by atoms with Gasteiger partial charge in [-0.1, -0.05) is 19.3 Å². The quantitative estimate of drug-likeness (QED) is 0.522. The Kier molecular flexibility index (Phi) is 8.30. The van der Waals surface area contributed by atoms with Crippen LogP contribution in [0.4, 0.5) is 0 Å². The molecule has 0 aliphatic heterocycles. The summed E-state index contributed by atoms with van der Waals surface area (Å²) in [5, 5.41) is 0.186. The maximum absolute atomic E-state index is 13.3. The smallest absolute Gasteiger partial charge is 0.227 e. The van der Waals surface area contributed by atoms with Crippen molar-refractivity contribution in [1.29, 1.82) is 0 Å². The number of methoxy groups -OCH3 is 1. The lowest BCUT2D eigenvalue weighted by atomic mass is 9.91. The molecule has 31 heavy (non-hydrogen) atoms. The van der Waals surface area contributed by atoms with Crippen LogP contribution in [0.3, 0.4) is 0 Å². The summed E-state index contributed by atoms with van der Waals surface area (Å²) in [4.78, 5) is 11.1. The van der Waals surface area contributed by atoms with E-state index in [4.69, 9.17) is 4.74 Å².